The van der Waals surface area contributed by atoms with Gasteiger partial charge in [0.05, 0.1) is 6.04 Å². The summed E-state index contributed by atoms with van der Waals surface area (Å²) >= 11 is 1.73. The molecular weight excluding hydrogens is 512 g/mol. The van der Waals surface area contributed by atoms with Gasteiger partial charge >= 0.3 is 0 Å². The van der Waals surface area contributed by atoms with Gasteiger partial charge in [0, 0.05) is 23.5 Å². The van der Waals surface area contributed by atoms with Crippen molar-refractivity contribution >= 4 is 23.2 Å². The molecule has 2 atom stereocenters. The molecule has 3 aromatic rings. The monoisotopic (exact) mass is 548 g/mol. The Labute approximate surface area is 234 Å². The fourth-order valence-electron chi connectivity index (χ4n) is 5.20. The molecule has 2 aliphatic rings. The van der Waals surface area contributed by atoms with E-state index in [1.807, 2.05) is 24.0 Å². The Morgan fingerprint density at radius 1 is 1.13 bits per heavy atom. The molecule has 8 heteroatoms. The molecule has 2 aromatic carbocycles. The molecule has 0 aliphatic carbocycles. The van der Waals surface area contributed by atoms with E-state index in [2.05, 4.69) is 38.3 Å². The highest BCUT2D eigenvalue weighted by Gasteiger charge is 2.34. The molecule has 0 fully saturated rings. The van der Waals surface area contributed by atoms with Crippen LogP contribution in [0, 0.1) is 19.8 Å². The first-order valence-corrected chi connectivity index (χ1v) is 14.5. The fraction of sp³-hybridized carbons (Fsp3) is 0.419. The molecule has 0 bridgehead atoms. The van der Waals surface area contributed by atoms with Gasteiger partial charge in [-0.1, -0.05) is 38.0 Å². The molecule has 0 spiro atoms. The third-order valence-electron chi connectivity index (χ3n) is 7.60. The summed E-state index contributed by atoms with van der Waals surface area (Å²) in [4.78, 5) is 32.4. The molecule has 206 valence electrons. The summed E-state index contributed by atoms with van der Waals surface area (Å²) in [5.74, 6) is 2.01. The number of carbonyl (C=O) groups excluding carboxylic acids is 2. The van der Waals surface area contributed by atoms with Crippen LogP contribution in [0.4, 0.5) is 0 Å². The van der Waals surface area contributed by atoms with E-state index in [4.69, 9.17) is 14.2 Å². The highest BCUT2D eigenvalue weighted by atomic mass is 32.1. The number of amides is 2. The average molecular weight is 549 g/mol. The molecule has 0 unspecified atom stereocenters. The van der Waals surface area contributed by atoms with Crippen LogP contribution < -0.4 is 14.2 Å². The quantitative estimate of drug-likeness (QED) is 0.339. The molecule has 0 saturated carbocycles. The lowest BCUT2D eigenvalue weighted by Gasteiger charge is -2.37. The SMILES string of the molecule is CC[C@@H](C)CN(CC(=O)N1CCc2sccc2[C@@H]1COc1ccc(C)cc1C)C(=O)c1ccc2c(c1)OCO2. The van der Waals surface area contributed by atoms with Crippen molar-refractivity contribution in [1.82, 2.24) is 9.80 Å². The van der Waals surface area contributed by atoms with Crippen molar-refractivity contribution in [3.8, 4) is 17.2 Å². The number of thiophene rings is 1. The average Bonchev–Trinajstić information content (AvgIpc) is 3.60. The number of ether oxygens (including phenoxy) is 3. The Morgan fingerprint density at radius 2 is 1.95 bits per heavy atom. The topological polar surface area (TPSA) is 68.3 Å². The van der Waals surface area contributed by atoms with Gasteiger partial charge in [-0.15, -0.1) is 11.3 Å². The standard InChI is InChI=1S/C31H36N2O5S/c1-5-20(2)16-32(31(35)23-7-9-27-28(15-23)38-19-37-27)17-30(34)33-12-10-29-24(11-13-39-29)25(33)18-36-26-8-6-21(3)14-22(26)4/h6-9,11,13-15,20,25H,5,10,12,16-19H2,1-4H3/t20-,25+/m1/s1. The van der Waals surface area contributed by atoms with Gasteiger partial charge in [-0.05, 0) is 73.0 Å². The van der Waals surface area contributed by atoms with Gasteiger partial charge < -0.3 is 24.0 Å². The molecule has 0 radical (unpaired) electrons. The number of nitrogens with zero attached hydrogens (tertiary/aromatic N) is 2. The predicted molar refractivity (Wildman–Crippen MR) is 152 cm³/mol. The summed E-state index contributed by atoms with van der Waals surface area (Å²) in [6.45, 7) is 9.91. The van der Waals surface area contributed by atoms with Gasteiger partial charge in [-0.25, -0.2) is 0 Å². The van der Waals surface area contributed by atoms with Crippen molar-refractivity contribution in [2.75, 3.05) is 33.0 Å². The number of rotatable bonds is 9. The number of aryl methyl sites for hydroxylation is 2. The Bertz CT molecular complexity index is 1350. The summed E-state index contributed by atoms with van der Waals surface area (Å²) in [7, 11) is 0. The van der Waals surface area contributed by atoms with Crippen molar-refractivity contribution in [1.29, 1.82) is 0 Å². The van der Waals surface area contributed by atoms with Crippen LogP contribution in [0.1, 0.15) is 58.2 Å². The van der Waals surface area contributed by atoms with E-state index in [0.29, 0.717) is 36.8 Å². The molecule has 7 nitrogen and oxygen atoms in total. The van der Waals surface area contributed by atoms with E-state index in [1.54, 1.807) is 34.4 Å². The zero-order chi connectivity index (χ0) is 27.5. The normalized spacial score (nSPS) is 16.5. The van der Waals surface area contributed by atoms with Crippen LogP contribution >= 0.6 is 11.3 Å². The summed E-state index contributed by atoms with van der Waals surface area (Å²) in [6, 6.07) is 13.2. The number of hydrogen-bond acceptors (Lipinski definition) is 6. The Morgan fingerprint density at radius 3 is 2.74 bits per heavy atom. The minimum absolute atomic E-state index is 0.0111. The predicted octanol–water partition coefficient (Wildman–Crippen LogP) is 5.79. The van der Waals surface area contributed by atoms with Crippen LogP contribution in [-0.4, -0.2) is 54.6 Å². The Balaban J connectivity index is 1.36. The Hall–Kier alpha value is -3.52. The van der Waals surface area contributed by atoms with E-state index in [9.17, 15) is 9.59 Å². The lowest BCUT2D eigenvalue weighted by atomic mass is 10.00. The smallest absolute Gasteiger partial charge is 0.254 e. The minimum Gasteiger partial charge on any atom is -0.491 e. The lowest BCUT2D eigenvalue weighted by molar-refractivity contribution is -0.135. The zero-order valence-electron chi connectivity index (χ0n) is 23.1. The van der Waals surface area contributed by atoms with Gasteiger partial charge in [-0.3, -0.25) is 9.59 Å². The zero-order valence-corrected chi connectivity index (χ0v) is 23.9. The molecule has 0 N–H and O–H groups in total. The summed E-state index contributed by atoms with van der Waals surface area (Å²) < 4.78 is 17.2. The van der Waals surface area contributed by atoms with Gasteiger partial charge in [0.25, 0.3) is 5.91 Å². The van der Waals surface area contributed by atoms with Crippen molar-refractivity contribution in [3.63, 3.8) is 0 Å². The lowest BCUT2D eigenvalue weighted by Crippen LogP contribution is -2.48. The molecule has 2 aliphatic heterocycles. The third-order valence-corrected chi connectivity index (χ3v) is 8.60. The molecule has 3 heterocycles. The number of carbonyl (C=O) groups is 2. The first kappa shape index (κ1) is 27.1. The van der Waals surface area contributed by atoms with Gasteiger partial charge in [0.15, 0.2) is 11.5 Å². The van der Waals surface area contributed by atoms with Crippen molar-refractivity contribution in [2.45, 2.75) is 46.6 Å². The molecular formula is C31H36N2O5S. The van der Waals surface area contributed by atoms with Crippen LogP contribution in [0.15, 0.2) is 47.8 Å². The molecule has 0 saturated heterocycles. The molecule has 2 amide bonds. The first-order valence-electron chi connectivity index (χ1n) is 13.6. The van der Waals surface area contributed by atoms with Crippen LogP contribution in [0.25, 0.3) is 0 Å². The molecule has 1 aromatic heterocycles. The van der Waals surface area contributed by atoms with Crippen LogP contribution in [0.2, 0.25) is 0 Å². The van der Waals surface area contributed by atoms with E-state index < -0.39 is 0 Å². The third kappa shape index (κ3) is 5.91. The van der Waals surface area contributed by atoms with Gasteiger partial charge in [-0.2, -0.15) is 0 Å². The largest absolute Gasteiger partial charge is 0.491 e. The van der Waals surface area contributed by atoms with E-state index >= 15 is 0 Å². The maximum atomic E-state index is 13.9. The second-order valence-corrected chi connectivity index (χ2v) is 11.5. The molecule has 5 rings (SSSR count). The second kappa shape index (κ2) is 11.7. The van der Waals surface area contributed by atoms with Crippen LogP contribution in [-0.2, 0) is 11.2 Å². The maximum Gasteiger partial charge on any atom is 0.254 e. The van der Waals surface area contributed by atoms with Gasteiger partial charge in [0.2, 0.25) is 12.7 Å². The van der Waals surface area contributed by atoms with Gasteiger partial charge in [0.1, 0.15) is 18.9 Å². The van der Waals surface area contributed by atoms with Crippen molar-refractivity contribution < 1.29 is 23.8 Å². The number of benzene rings is 2. The number of fused-ring (bicyclic) bond motifs is 2. The fourth-order valence-corrected chi connectivity index (χ4v) is 6.12. The van der Waals surface area contributed by atoms with E-state index in [0.717, 1.165) is 29.7 Å². The first-order chi connectivity index (χ1) is 18.8. The van der Waals surface area contributed by atoms with E-state index in [-0.39, 0.29) is 37.1 Å². The van der Waals surface area contributed by atoms with E-state index in [1.165, 1.54) is 10.4 Å². The van der Waals surface area contributed by atoms with Crippen LogP contribution in [0.3, 0.4) is 0 Å². The summed E-state index contributed by atoms with van der Waals surface area (Å²) in [6.07, 6.45) is 1.72. The second-order valence-electron chi connectivity index (χ2n) is 10.5. The minimum atomic E-state index is -0.209. The highest BCUT2D eigenvalue weighted by Crippen LogP contribution is 2.35. The van der Waals surface area contributed by atoms with Crippen molar-refractivity contribution in [2.24, 2.45) is 5.92 Å². The maximum absolute atomic E-state index is 13.9. The summed E-state index contributed by atoms with van der Waals surface area (Å²) in [5, 5.41) is 2.08. The van der Waals surface area contributed by atoms with Crippen LogP contribution in [0.5, 0.6) is 17.2 Å². The summed E-state index contributed by atoms with van der Waals surface area (Å²) in [5.41, 5.74) is 3.88. The molecule has 39 heavy (non-hydrogen) atoms. The van der Waals surface area contributed by atoms with Crippen molar-refractivity contribution in [3.05, 3.63) is 75.0 Å². The Kier molecular flexibility index (Phi) is 8.12. The number of hydrogen-bond donors (Lipinski definition) is 0. The highest BCUT2D eigenvalue weighted by molar-refractivity contribution is 7.10.